The highest BCUT2D eigenvalue weighted by Crippen LogP contribution is 2.19. The average molecular weight is 222 g/mol. The fourth-order valence-corrected chi connectivity index (χ4v) is 2.28. The van der Waals surface area contributed by atoms with Gasteiger partial charge in [-0.1, -0.05) is 38.5 Å². The molecule has 1 rings (SSSR count). The summed E-state index contributed by atoms with van der Waals surface area (Å²) in [5.74, 6) is 0. The van der Waals surface area contributed by atoms with E-state index < -0.39 is 0 Å². The van der Waals surface area contributed by atoms with Crippen molar-refractivity contribution in [2.45, 2.75) is 64.2 Å². The zero-order chi connectivity index (χ0) is 11.6. The molecule has 0 bridgehead atoms. The molecule has 0 aromatic carbocycles. The van der Waals surface area contributed by atoms with Gasteiger partial charge < -0.3 is 0 Å². The monoisotopic (exact) mass is 222 g/mol. The van der Waals surface area contributed by atoms with Crippen LogP contribution in [0.15, 0.2) is 11.1 Å². The van der Waals surface area contributed by atoms with Gasteiger partial charge in [0.2, 0.25) is 0 Å². The molecular formula is C14H22O2. The minimum atomic E-state index is 0.746. The zero-order valence-electron chi connectivity index (χ0n) is 10.0. The summed E-state index contributed by atoms with van der Waals surface area (Å²) in [4.78, 5) is 21.9. The SMILES string of the molecule is O=C/C1=C(\C=O)CCCCCCCCCC1. The van der Waals surface area contributed by atoms with Gasteiger partial charge in [-0.3, -0.25) is 9.59 Å². The number of hydrogen-bond acceptors (Lipinski definition) is 2. The van der Waals surface area contributed by atoms with Crippen molar-refractivity contribution in [2.75, 3.05) is 0 Å². The van der Waals surface area contributed by atoms with E-state index in [1.54, 1.807) is 0 Å². The molecule has 0 amide bonds. The van der Waals surface area contributed by atoms with Crippen molar-refractivity contribution >= 4 is 12.6 Å². The number of hydrogen-bond donors (Lipinski definition) is 0. The van der Waals surface area contributed by atoms with Crippen molar-refractivity contribution in [1.82, 2.24) is 0 Å². The molecule has 0 aromatic heterocycles. The van der Waals surface area contributed by atoms with Crippen LogP contribution in [-0.2, 0) is 9.59 Å². The lowest BCUT2D eigenvalue weighted by molar-refractivity contribution is -0.107. The Labute approximate surface area is 98.1 Å². The Morgan fingerprint density at radius 2 is 0.875 bits per heavy atom. The second kappa shape index (κ2) is 8.26. The normalized spacial score (nSPS) is 25.2. The molecule has 0 aliphatic heterocycles. The van der Waals surface area contributed by atoms with Crippen molar-refractivity contribution < 1.29 is 9.59 Å². The van der Waals surface area contributed by atoms with Crippen molar-refractivity contribution in [1.29, 1.82) is 0 Å². The Morgan fingerprint density at radius 1 is 0.562 bits per heavy atom. The summed E-state index contributed by atoms with van der Waals surface area (Å²) in [5.41, 5.74) is 1.49. The number of carbonyl (C=O) groups is 2. The zero-order valence-corrected chi connectivity index (χ0v) is 10.0. The molecule has 16 heavy (non-hydrogen) atoms. The fourth-order valence-electron chi connectivity index (χ4n) is 2.28. The second-order valence-electron chi connectivity index (χ2n) is 4.61. The summed E-state index contributed by atoms with van der Waals surface area (Å²) in [6.45, 7) is 0. The molecule has 0 heterocycles. The molecule has 0 saturated carbocycles. The predicted octanol–water partition coefficient (Wildman–Crippen LogP) is 3.60. The fraction of sp³-hybridized carbons (Fsp3) is 0.714. The highest BCUT2D eigenvalue weighted by Gasteiger charge is 2.06. The average Bonchev–Trinajstić information content (AvgIpc) is 2.30. The summed E-state index contributed by atoms with van der Waals surface area (Å²) in [6, 6.07) is 0. The lowest BCUT2D eigenvalue weighted by Crippen LogP contribution is -1.98. The number of allylic oxidation sites excluding steroid dienone is 2. The van der Waals surface area contributed by atoms with Gasteiger partial charge in [-0.2, -0.15) is 0 Å². The van der Waals surface area contributed by atoms with Crippen LogP contribution in [0.3, 0.4) is 0 Å². The van der Waals surface area contributed by atoms with Crippen molar-refractivity contribution in [3.63, 3.8) is 0 Å². The molecule has 2 heteroatoms. The molecule has 90 valence electrons. The summed E-state index contributed by atoms with van der Waals surface area (Å²) in [7, 11) is 0. The molecule has 0 radical (unpaired) electrons. The minimum absolute atomic E-state index is 0.746. The third-order valence-corrected chi connectivity index (χ3v) is 3.34. The second-order valence-corrected chi connectivity index (χ2v) is 4.61. The van der Waals surface area contributed by atoms with Gasteiger partial charge in [0.1, 0.15) is 12.6 Å². The molecule has 0 fully saturated rings. The molecule has 0 saturated heterocycles. The van der Waals surface area contributed by atoms with Gasteiger partial charge in [0, 0.05) is 0 Å². The summed E-state index contributed by atoms with van der Waals surface area (Å²) in [6.07, 6.45) is 13.0. The van der Waals surface area contributed by atoms with Gasteiger partial charge in [0.05, 0.1) is 0 Å². The van der Waals surface area contributed by atoms with E-state index in [0.717, 1.165) is 49.4 Å². The van der Waals surface area contributed by atoms with Gasteiger partial charge >= 0.3 is 0 Å². The van der Waals surface area contributed by atoms with Crippen LogP contribution >= 0.6 is 0 Å². The standard InChI is InChI=1S/C14H22O2/c15-11-13-9-7-5-3-1-2-4-6-8-10-14(13)12-16/h11-12H,1-10H2/b14-13-. The van der Waals surface area contributed by atoms with E-state index in [1.165, 1.54) is 38.5 Å². The van der Waals surface area contributed by atoms with E-state index >= 15 is 0 Å². The maximum atomic E-state index is 10.9. The third kappa shape index (κ3) is 4.73. The van der Waals surface area contributed by atoms with Crippen molar-refractivity contribution in [3.05, 3.63) is 11.1 Å². The molecule has 0 spiro atoms. The summed E-state index contributed by atoms with van der Waals surface area (Å²) >= 11 is 0. The van der Waals surface area contributed by atoms with Crippen LogP contribution in [0.4, 0.5) is 0 Å². The van der Waals surface area contributed by atoms with E-state index in [2.05, 4.69) is 0 Å². The number of carbonyl (C=O) groups excluding carboxylic acids is 2. The molecule has 0 N–H and O–H groups in total. The molecule has 0 atom stereocenters. The van der Waals surface area contributed by atoms with Gasteiger partial charge in [-0.05, 0) is 36.8 Å². The highest BCUT2D eigenvalue weighted by atomic mass is 16.1. The Hall–Kier alpha value is -0.920. The molecule has 0 unspecified atom stereocenters. The van der Waals surface area contributed by atoms with E-state index in [1.807, 2.05) is 0 Å². The van der Waals surface area contributed by atoms with Gasteiger partial charge in [0.25, 0.3) is 0 Å². The van der Waals surface area contributed by atoms with Crippen LogP contribution in [0.5, 0.6) is 0 Å². The molecular weight excluding hydrogens is 200 g/mol. The first-order valence-corrected chi connectivity index (χ1v) is 6.51. The number of aldehydes is 2. The Kier molecular flexibility index (Phi) is 6.78. The molecule has 1 aliphatic carbocycles. The topological polar surface area (TPSA) is 34.1 Å². The predicted molar refractivity (Wildman–Crippen MR) is 65.3 cm³/mol. The van der Waals surface area contributed by atoms with Crippen LogP contribution in [0.2, 0.25) is 0 Å². The van der Waals surface area contributed by atoms with E-state index in [4.69, 9.17) is 0 Å². The molecule has 0 aromatic rings. The van der Waals surface area contributed by atoms with Gasteiger partial charge in [0.15, 0.2) is 0 Å². The Balaban J connectivity index is 2.61. The molecule has 1 aliphatic rings. The highest BCUT2D eigenvalue weighted by molar-refractivity contribution is 5.86. The van der Waals surface area contributed by atoms with Gasteiger partial charge in [-0.25, -0.2) is 0 Å². The molecule has 2 nitrogen and oxygen atoms in total. The van der Waals surface area contributed by atoms with E-state index in [-0.39, 0.29) is 0 Å². The maximum absolute atomic E-state index is 10.9. The quantitative estimate of drug-likeness (QED) is 0.669. The lowest BCUT2D eigenvalue weighted by Gasteiger charge is -2.08. The maximum Gasteiger partial charge on any atom is 0.146 e. The van der Waals surface area contributed by atoms with Crippen LogP contribution in [0.25, 0.3) is 0 Å². The Morgan fingerprint density at radius 3 is 1.19 bits per heavy atom. The number of rotatable bonds is 2. The van der Waals surface area contributed by atoms with E-state index in [0.29, 0.717) is 0 Å². The largest absolute Gasteiger partial charge is 0.298 e. The first kappa shape index (κ1) is 13.1. The summed E-state index contributed by atoms with van der Waals surface area (Å²) in [5, 5.41) is 0. The summed E-state index contributed by atoms with van der Waals surface area (Å²) < 4.78 is 0. The van der Waals surface area contributed by atoms with Crippen molar-refractivity contribution in [2.24, 2.45) is 0 Å². The Bertz CT molecular complexity index is 227. The van der Waals surface area contributed by atoms with Crippen LogP contribution in [0.1, 0.15) is 64.2 Å². The third-order valence-electron chi connectivity index (χ3n) is 3.34. The smallest absolute Gasteiger partial charge is 0.146 e. The van der Waals surface area contributed by atoms with Crippen LogP contribution in [-0.4, -0.2) is 12.6 Å². The van der Waals surface area contributed by atoms with E-state index in [9.17, 15) is 9.59 Å². The van der Waals surface area contributed by atoms with Crippen LogP contribution in [0, 0.1) is 0 Å². The first-order valence-electron chi connectivity index (χ1n) is 6.51. The minimum Gasteiger partial charge on any atom is -0.298 e. The van der Waals surface area contributed by atoms with Gasteiger partial charge in [-0.15, -0.1) is 0 Å². The first-order chi connectivity index (χ1) is 7.88. The van der Waals surface area contributed by atoms with Crippen LogP contribution < -0.4 is 0 Å². The lowest BCUT2D eigenvalue weighted by atomic mass is 9.96. The van der Waals surface area contributed by atoms with Crippen molar-refractivity contribution in [3.8, 4) is 0 Å².